The van der Waals surface area contributed by atoms with Crippen molar-refractivity contribution in [1.82, 2.24) is 0 Å². The molecule has 1 aromatic carbocycles. The first-order valence-electron chi connectivity index (χ1n) is 5.66. The number of carbonyl (C=O) groups is 1. The lowest BCUT2D eigenvalue weighted by atomic mass is 9.96. The van der Waals surface area contributed by atoms with E-state index in [0.717, 1.165) is 0 Å². The van der Waals surface area contributed by atoms with Crippen LogP contribution in [0, 0.1) is 10.1 Å². The van der Waals surface area contributed by atoms with Crippen LogP contribution in [0.3, 0.4) is 0 Å². The number of non-ortho nitro benzene ring substituents is 1. The zero-order valence-corrected chi connectivity index (χ0v) is 10.7. The molecule has 0 saturated heterocycles. The Balaban J connectivity index is 2.72. The number of benzene rings is 1. The average Bonchev–Trinajstić information content (AvgIpc) is 2.28. The van der Waals surface area contributed by atoms with Gasteiger partial charge in [0.15, 0.2) is 0 Å². The molecular formula is C12H16N2O5. The summed E-state index contributed by atoms with van der Waals surface area (Å²) >= 11 is 0. The van der Waals surface area contributed by atoms with Gasteiger partial charge in [-0.25, -0.2) is 0 Å². The number of nitro benzene ring substituents is 1. The zero-order chi connectivity index (χ0) is 14.6. The highest BCUT2D eigenvalue weighted by Crippen LogP contribution is 2.22. The van der Waals surface area contributed by atoms with E-state index in [0.29, 0.717) is 5.75 Å². The van der Waals surface area contributed by atoms with E-state index in [9.17, 15) is 14.9 Å². The molecular weight excluding hydrogens is 252 g/mol. The van der Waals surface area contributed by atoms with Crippen molar-refractivity contribution in [3.63, 3.8) is 0 Å². The first-order chi connectivity index (χ1) is 8.72. The number of carboxylic acid groups (broad SMARTS) is 1. The minimum atomic E-state index is -1.40. The highest BCUT2D eigenvalue weighted by atomic mass is 16.6. The van der Waals surface area contributed by atoms with Gasteiger partial charge in [-0.2, -0.15) is 0 Å². The molecule has 0 amide bonds. The van der Waals surface area contributed by atoms with Gasteiger partial charge in [0.05, 0.1) is 17.1 Å². The monoisotopic (exact) mass is 268 g/mol. The molecule has 7 heteroatoms. The molecule has 1 aromatic rings. The maximum Gasteiger partial charge on any atom is 0.323 e. The number of rotatable bonds is 6. The zero-order valence-electron chi connectivity index (χ0n) is 10.7. The number of nitro groups is 1. The lowest BCUT2D eigenvalue weighted by molar-refractivity contribution is -0.384. The van der Waals surface area contributed by atoms with E-state index in [1.165, 1.54) is 25.1 Å². The van der Waals surface area contributed by atoms with Crippen molar-refractivity contribution in [2.75, 3.05) is 0 Å². The van der Waals surface area contributed by atoms with Gasteiger partial charge in [0.25, 0.3) is 5.69 Å². The molecule has 0 heterocycles. The first kappa shape index (κ1) is 14.9. The molecule has 0 aliphatic heterocycles. The standard InChI is InChI=1S/C12H16N2O5/c1-8(7-12(2,13)11(15)16)19-10-5-3-4-9(6-10)14(17)18/h3-6,8H,7,13H2,1-2H3,(H,15,16). The van der Waals surface area contributed by atoms with Crippen LogP contribution < -0.4 is 10.5 Å². The number of nitrogens with two attached hydrogens (primary N) is 1. The molecule has 2 atom stereocenters. The molecule has 1 rings (SSSR count). The summed E-state index contributed by atoms with van der Waals surface area (Å²) in [6, 6.07) is 5.70. The molecule has 0 aliphatic rings. The lowest BCUT2D eigenvalue weighted by Gasteiger charge is -2.24. The van der Waals surface area contributed by atoms with Gasteiger partial charge in [-0.15, -0.1) is 0 Å². The fourth-order valence-corrected chi connectivity index (χ4v) is 1.63. The van der Waals surface area contributed by atoms with E-state index in [4.69, 9.17) is 15.6 Å². The van der Waals surface area contributed by atoms with Crippen LogP contribution in [0.15, 0.2) is 24.3 Å². The Morgan fingerprint density at radius 3 is 2.79 bits per heavy atom. The van der Waals surface area contributed by atoms with Gasteiger partial charge in [0, 0.05) is 12.5 Å². The maximum absolute atomic E-state index is 10.9. The summed E-state index contributed by atoms with van der Waals surface area (Å²) in [6.07, 6.45) is -0.390. The Labute approximate surface area is 110 Å². The van der Waals surface area contributed by atoms with Gasteiger partial charge in [0.1, 0.15) is 11.3 Å². The number of carboxylic acids is 1. The molecule has 19 heavy (non-hydrogen) atoms. The number of hydrogen-bond donors (Lipinski definition) is 2. The van der Waals surface area contributed by atoms with Crippen LogP contribution in [0.25, 0.3) is 0 Å². The van der Waals surface area contributed by atoms with Gasteiger partial charge in [-0.05, 0) is 19.9 Å². The molecule has 104 valence electrons. The highest BCUT2D eigenvalue weighted by molar-refractivity contribution is 5.77. The summed E-state index contributed by atoms with van der Waals surface area (Å²) in [5, 5.41) is 19.5. The molecule has 0 aliphatic carbocycles. The molecule has 7 nitrogen and oxygen atoms in total. The fourth-order valence-electron chi connectivity index (χ4n) is 1.63. The Kier molecular flexibility index (Phi) is 4.44. The van der Waals surface area contributed by atoms with Crippen molar-refractivity contribution in [3.05, 3.63) is 34.4 Å². The minimum Gasteiger partial charge on any atom is -0.490 e. The van der Waals surface area contributed by atoms with Crippen molar-refractivity contribution in [1.29, 1.82) is 0 Å². The molecule has 0 bridgehead atoms. The van der Waals surface area contributed by atoms with Crippen molar-refractivity contribution < 1.29 is 19.6 Å². The predicted molar refractivity (Wildman–Crippen MR) is 68.0 cm³/mol. The predicted octanol–water partition coefficient (Wildman–Crippen LogP) is 1.55. The number of hydrogen-bond acceptors (Lipinski definition) is 5. The van der Waals surface area contributed by atoms with Crippen LogP contribution >= 0.6 is 0 Å². The quantitative estimate of drug-likeness (QED) is 0.597. The van der Waals surface area contributed by atoms with Crippen LogP contribution in [0.1, 0.15) is 20.3 Å². The second-order valence-electron chi connectivity index (χ2n) is 4.61. The third-order valence-corrected chi connectivity index (χ3v) is 2.57. The average molecular weight is 268 g/mol. The van der Waals surface area contributed by atoms with Gasteiger partial charge >= 0.3 is 5.97 Å². The Hall–Kier alpha value is -2.15. The summed E-state index contributed by atoms with van der Waals surface area (Å²) in [7, 11) is 0. The van der Waals surface area contributed by atoms with E-state index in [-0.39, 0.29) is 12.1 Å². The van der Waals surface area contributed by atoms with E-state index in [1.54, 1.807) is 13.0 Å². The SMILES string of the molecule is CC(CC(C)(N)C(=O)O)Oc1cccc([N+](=O)[O-])c1. The van der Waals surface area contributed by atoms with Crippen LogP contribution in [0.2, 0.25) is 0 Å². The van der Waals surface area contributed by atoms with Crippen molar-refractivity contribution in [2.45, 2.75) is 31.9 Å². The van der Waals surface area contributed by atoms with E-state index in [1.807, 2.05) is 0 Å². The van der Waals surface area contributed by atoms with Gasteiger partial charge in [-0.3, -0.25) is 14.9 Å². The van der Waals surface area contributed by atoms with Gasteiger partial charge in [-0.1, -0.05) is 6.07 Å². The smallest absolute Gasteiger partial charge is 0.323 e. The van der Waals surface area contributed by atoms with Crippen molar-refractivity contribution in [3.8, 4) is 5.75 Å². The lowest BCUT2D eigenvalue weighted by Crippen LogP contribution is -2.47. The summed E-state index contributed by atoms with van der Waals surface area (Å²) in [5.41, 5.74) is 4.12. The Morgan fingerprint density at radius 2 is 2.26 bits per heavy atom. The largest absolute Gasteiger partial charge is 0.490 e. The second kappa shape index (κ2) is 5.66. The molecule has 0 fully saturated rings. The summed E-state index contributed by atoms with van der Waals surface area (Å²) in [6.45, 7) is 3.05. The summed E-state index contributed by atoms with van der Waals surface area (Å²) < 4.78 is 5.44. The minimum absolute atomic E-state index is 0.0848. The van der Waals surface area contributed by atoms with Crippen molar-refractivity contribution in [2.24, 2.45) is 5.73 Å². The maximum atomic E-state index is 10.9. The van der Waals surface area contributed by atoms with E-state index < -0.39 is 22.5 Å². The Morgan fingerprint density at radius 1 is 1.63 bits per heavy atom. The normalized spacial score (nSPS) is 15.3. The topological polar surface area (TPSA) is 116 Å². The number of nitrogens with zero attached hydrogens (tertiary/aromatic N) is 1. The summed E-state index contributed by atoms with van der Waals surface area (Å²) in [5.74, 6) is -0.815. The van der Waals surface area contributed by atoms with E-state index >= 15 is 0 Å². The molecule has 0 saturated carbocycles. The number of aliphatic carboxylic acids is 1. The van der Waals surface area contributed by atoms with Gasteiger partial charge in [0.2, 0.25) is 0 Å². The molecule has 0 radical (unpaired) electrons. The third-order valence-electron chi connectivity index (χ3n) is 2.57. The Bertz CT molecular complexity index is 487. The summed E-state index contributed by atoms with van der Waals surface area (Å²) in [4.78, 5) is 21.0. The second-order valence-corrected chi connectivity index (χ2v) is 4.61. The van der Waals surface area contributed by atoms with Crippen molar-refractivity contribution >= 4 is 11.7 Å². The fraction of sp³-hybridized carbons (Fsp3) is 0.417. The van der Waals surface area contributed by atoms with Crippen LogP contribution in [0.5, 0.6) is 5.75 Å². The molecule has 2 unspecified atom stereocenters. The van der Waals surface area contributed by atoms with Crippen LogP contribution in [-0.4, -0.2) is 27.6 Å². The van der Waals surface area contributed by atoms with Crippen LogP contribution in [-0.2, 0) is 4.79 Å². The third kappa shape index (κ3) is 4.22. The molecule has 3 N–H and O–H groups in total. The highest BCUT2D eigenvalue weighted by Gasteiger charge is 2.30. The van der Waals surface area contributed by atoms with E-state index in [2.05, 4.69) is 0 Å². The van der Waals surface area contributed by atoms with Crippen LogP contribution in [0.4, 0.5) is 5.69 Å². The first-order valence-corrected chi connectivity index (χ1v) is 5.66. The number of ether oxygens (including phenoxy) is 1. The molecule has 0 spiro atoms. The molecule has 0 aromatic heterocycles. The van der Waals surface area contributed by atoms with Gasteiger partial charge < -0.3 is 15.6 Å².